The van der Waals surface area contributed by atoms with Gasteiger partial charge in [-0.05, 0) is 47.7 Å². The highest BCUT2D eigenvalue weighted by atomic mass is 35.5. The van der Waals surface area contributed by atoms with Gasteiger partial charge in [0.25, 0.3) is 5.24 Å². The van der Waals surface area contributed by atoms with E-state index in [0.717, 1.165) is 27.9 Å². The molecule has 1 saturated heterocycles. The molecule has 21 heavy (non-hydrogen) atoms. The van der Waals surface area contributed by atoms with E-state index in [0.29, 0.717) is 10.9 Å². The molecule has 2 aromatic rings. The molecule has 0 aromatic heterocycles. The van der Waals surface area contributed by atoms with E-state index in [-0.39, 0.29) is 5.24 Å². The Morgan fingerprint density at radius 2 is 1.76 bits per heavy atom. The summed E-state index contributed by atoms with van der Waals surface area (Å²) < 4.78 is 0. The molecule has 1 N–H and O–H groups in total. The van der Waals surface area contributed by atoms with Gasteiger partial charge in [-0.15, -0.1) is 0 Å². The van der Waals surface area contributed by atoms with Crippen LogP contribution in [0.3, 0.4) is 0 Å². The summed E-state index contributed by atoms with van der Waals surface area (Å²) in [5, 5.41) is 3.30. The monoisotopic (exact) mass is 314 g/mol. The molecule has 0 atom stereocenters. The molecular formula is C16H11ClN2OS. The summed E-state index contributed by atoms with van der Waals surface area (Å²) >= 11 is 7.00. The highest BCUT2D eigenvalue weighted by Gasteiger charge is 2.23. The van der Waals surface area contributed by atoms with Crippen molar-refractivity contribution in [2.75, 3.05) is 0 Å². The van der Waals surface area contributed by atoms with Gasteiger partial charge in [-0.3, -0.25) is 4.79 Å². The molecule has 0 radical (unpaired) electrons. The van der Waals surface area contributed by atoms with E-state index in [4.69, 9.17) is 11.6 Å². The molecule has 0 spiro atoms. The average Bonchev–Trinajstić information content (AvgIpc) is 2.82. The smallest absolute Gasteiger partial charge is 0.289 e. The molecule has 1 amide bonds. The maximum absolute atomic E-state index is 11.6. The standard InChI is InChI=1S/C16H11ClN2OS/c17-12-6-8-13(9-7-12)18-15-14(21-16(20)19-15)10-11-4-2-1-3-5-11/h1-10H,(H,18,19,20)/b14-10-. The van der Waals surface area contributed by atoms with Crippen LogP contribution in [0.2, 0.25) is 5.02 Å². The van der Waals surface area contributed by atoms with Crippen LogP contribution in [-0.4, -0.2) is 11.1 Å². The molecule has 0 bridgehead atoms. The molecule has 1 heterocycles. The number of nitrogens with one attached hydrogen (secondary N) is 1. The number of carbonyl (C=O) groups is 1. The van der Waals surface area contributed by atoms with Crippen molar-refractivity contribution in [3.8, 4) is 0 Å². The molecule has 1 aliphatic rings. The molecular weight excluding hydrogens is 304 g/mol. The first-order valence-corrected chi connectivity index (χ1v) is 7.50. The molecule has 0 aliphatic carbocycles. The SMILES string of the molecule is O=C1NC(=Nc2ccc(Cl)cc2)/C(=C/c2ccccc2)S1. The summed E-state index contributed by atoms with van der Waals surface area (Å²) in [7, 11) is 0. The zero-order valence-corrected chi connectivity index (χ0v) is 12.5. The minimum atomic E-state index is -0.120. The van der Waals surface area contributed by atoms with Gasteiger partial charge in [0, 0.05) is 5.02 Å². The Hall–Kier alpha value is -2.04. The van der Waals surface area contributed by atoms with E-state index in [9.17, 15) is 4.79 Å². The predicted octanol–water partition coefficient (Wildman–Crippen LogP) is 4.87. The quantitative estimate of drug-likeness (QED) is 0.859. The summed E-state index contributed by atoms with van der Waals surface area (Å²) in [6.45, 7) is 0. The largest absolute Gasteiger partial charge is 0.300 e. The Bertz CT molecular complexity index is 724. The van der Waals surface area contributed by atoms with Gasteiger partial charge >= 0.3 is 0 Å². The van der Waals surface area contributed by atoms with Crippen molar-refractivity contribution in [2.24, 2.45) is 4.99 Å². The summed E-state index contributed by atoms with van der Waals surface area (Å²) in [5.74, 6) is 0.566. The molecule has 1 fully saturated rings. The second-order valence-electron chi connectivity index (χ2n) is 4.37. The van der Waals surface area contributed by atoms with Crippen LogP contribution in [0.15, 0.2) is 64.5 Å². The lowest BCUT2D eigenvalue weighted by molar-refractivity contribution is 0.265. The normalized spacial score (nSPS) is 18.2. The third-order valence-corrected chi connectivity index (χ3v) is 3.89. The van der Waals surface area contributed by atoms with Gasteiger partial charge in [0.05, 0.1) is 10.6 Å². The van der Waals surface area contributed by atoms with Crippen LogP contribution in [0, 0.1) is 0 Å². The molecule has 3 nitrogen and oxygen atoms in total. The number of thioether (sulfide) groups is 1. The first-order chi connectivity index (χ1) is 10.2. The van der Waals surface area contributed by atoms with Gasteiger partial charge in [0.2, 0.25) is 0 Å². The topological polar surface area (TPSA) is 41.5 Å². The van der Waals surface area contributed by atoms with Crippen LogP contribution in [-0.2, 0) is 0 Å². The molecule has 5 heteroatoms. The maximum atomic E-state index is 11.6. The van der Waals surface area contributed by atoms with Crippen LogP contribution < -0.4 is 5.32 Å². The molecule has 0 saturated carbocycles. The summed E-state index contributed by atoms with van der Waals surface area (Å²) in [6, 6.07) is 17.0. The van der Waals surface area contributed by atoms with Gasteiger partial charge < -0.3 is 5.32 Å². The number of amidine groups is 1. The van der Waals surface area contributed by atoms with E-state index in [1.165, 1.54) is 0 Å². The van der Waals surface area contributed by atoms with Gasteiger partial charge in [0.1, 0.15) is 5.84 Å². The number of amides is 1. The molecule has 104 valence electrons. The number of carbonyl (C=O) groups excluding carboxylic acids is 1. The molecule has 3 rings (SSSR count). The average molecular weight is 315 g/mol. The van der Waals surface area contributed by atoms with Crippen LogP contribution in [0.5, 0.6) is 0 Å². The third kappa shape index (κ3) is 3.54. The van der Waals surface area contributed by atoms with Crippen molar-refractivity contribution in [3.63, 3.8) is 0 Å². The van der Waals surface area contributed by atoms with Crippen LogP contribution in [0.1, 0.15) is 5.56 Å². The Balaban J connectivity index is 1.94. The lowest BCUT2D eigenvalue weighted by atomic mass is 10.2. The van der Waals surface area contributed by atoms with E-state index in [1.807, 2.05) is 48.5 Å². The van der Waals surface area contributed by atoms with Crippen molar-refractivity contribution in [1.29, 1.82) is 0 Å². The van der Waals surface area contributed by atoms with E-state index in [1.54, 1.807) is 12.1 Å². The number of halogens is 1. The number of hydrogen-bond donors (Lipinski definition) is 1. The van der Waals surface area contributed by atoms with Crippen LogP contribution in [0.25, 0.3) is 6.08 Å². The Labute approximate surface area is 131 Å². The fourth-order valence-electron chi connectivity index (χ4n) is 1.86. The van der Waals surface area contributed by atoms with Crippen molar-refractivity contribution in [3.05, 3.63) is 70.1 Å². The van der Waals surface area contributed by atoms with Crippen molar-refractivity contribution >= 4 is 46.2 Å². The highest BCUT2D eigenvalue weighted by Crippen LogP contribution is 2.28. The summed E-state index contributed by atoms with van der Waals surface area (Å²) in [6.07, 6.45) is 1.94. The van der Waals surface area contributed by atoms with E-state index in [2.05, 4.69) is 10.3 Å². The third-order valence-electron chi connectivity index (χ3n) is 2.82. The minimum Gasteiger partial charge on any atom is -0.300 e. The number of benzene rings is 2. The maximum Gasteiger partial charge on any atom is 0.289 e. The lowest BCUT2D eigenvalue weighted by Gasteiger charge is -2.00. The fourth-order valence-corrected chi connectivity index (χ4v) is 2.72. The second kappa shape index (κ2) is 6.16. The molecule has 2 aromatic carbocycles. The number of nitrogens with zero attached hydrogens (tertiary/aromatic N) is 1. The number of aliphatic imine (C=N–C) groups is 1. The van der Waals surface area contributed by atoms with E-state index < -0.39 is 0 Å². The Morgan fingerprint density at radius 3 is 2.48 bits per heavy atom. The Kier molecular flexibility index (Phi) is 4.08. The van der Waals surface area contributed by atoms with Crippen LogP contribution in [0.4, 0.5) is 10.5 Å². The first-order valence-electron chi connectivity index (χ1n) is 6.31. The second-order valence-corrected chi connectivity index (χ2v) is 5.82. The fraction of sp³-hybridized carbons (Fsp3) is 0. The van der Waals surface area contributed by atoms with Crippen molar-refractivity contribution in [1.82, 2.24) is 5.32 Å². The highest BCUT2D eigenvalue weighted by molar-refractivity contribution is 8.18. The van der Waals surface area contributed by atoms with Gasteiger partial charge in [-0.25, -0.2) is 4.99 Å². The zero-order valence-electron chi connectivity index (χ0n) is 10.9. The molecule has 1 aliphatic heterocycles. The Morgan fingerprint density at radius 1 is 1.05 bits per heavy atom. The number of hydrogen-bond acceptors (Lipinski definition) is 3. The van der Waals surface area contributed by atoms with Crippen LogP contribution >= 0.6 is 23.4 Å². The van der Waals surface area contributed by atoms with Crippen molar-refractivity contribution in [2.45, 2.75) is 0 Å². The number of rotatable bonds is 2. The zero-order chi connectivity index (χ0) is 14.7. The van der Waals surface area contributed by atoms with Crippen molar-refractivity contribution < 1.29 is 4.79 Å². The van der Waals surface area contributed by atoms with Gasteiger partial charge in [-0.1, -0.05) is 41.9 Å². The first kappa shape index (κ1) is 13.9. The van der Waals surface area contributed by atoms with E-state index >= 15 is 0 Å². The summed E-state index contributed by atoms with van der Waals surface area (Å²) in [4.78, 5) is 16.9. The predicted molar refractivity (Wildman–Crippen MR) is 89.1 cm³/mol. The summed E-state index contributed by atoms with van der Waals surface area (Å²) in [5.41, 5.74) is 1.77. The molecule has 0 unspecified atom stereocenters. The van der Waals surface area contributed by atoms with Gasteiger partial charge in [0.15, 0.2) is 0 Å². The van der Waals surface area contributed by atoms with Gasteiger partial charge in [-0.2, -0.15) is 0 Å². The lowest BCUT2D eigenvalue weighted by Crippen LogP contribution is -2.18. The minimum absolute atomic E-state index is 0.120.